The molecule has 1 atom stereocenters. The fraction of sp³-hybridized carbons (Fsp3) is 0.533. The van der Waals surface area contributed by atoms with Gasteiger partial charge in [-0.25, -0.2) is 9.18 Å². The van der Waals surface area contributed by atoms with E-state index in [2.05, 4.69) is 5.32 Å². The van der Waals surface area contributed by atoms with Crippen LogP contribution in [0.15, 0.2) is 24.3 Å². The zero-order chi connectivity index (χ0) is 13.9. The lowest BCUT2D eigenvalue weighted by atomic mass is 9.75. The molecule has 0 radical (unpaired) electrons. The van der Waals surface area contributed by atoms with E-state index in [1.165, 1.54) is 6.07 Å². The Morgan fingerprint density at radius 1 is 1.32 bits per heavy atom. The van der Waals surface area contributed by atoms with E-state index in [1.54, 1.807) is 25.1 Å². The predicted octanol–water partition coefficient (Wildman–Crippen LogP) is 3.66. The molecule has 1 aliphatic carbocycles. The summed E-state index contributed by atoms with van der Waals surface area (Å²) in [6.45, 7) is 1.66. The molecule has 1 unspecified atom stereocenters. The number of aliphatic carboxylic acids is 1. The second-order valence-electron chi connectivity index (χ2n) is 5.45. The summed E-state index contributed by atoms with van der Waals surface area (Å²) in [4.78, 5) is 11.7. The average molecular weight is 265 g/mol. The number of benzene rings is 1. The van der Waals surface area contributed by atoms with E-state index in [4.69, 9.17) is 0 Å². The molecule has 1 aromatic rings. The molecule has 1 fully saturated rings. The van der Waals surface area contributed by atoms with E-state index in [-0.39, 0.29) is 11.6 Å². The fourth-order valence-corrected chi connectivity index (χ4v) is 2.85. The van der Waals surface area contributed by atoms with Gasteiger partial charge in [0, 0.05) is 0 Å². The van der Waals surface area contributed by atoms with Gasteiger partial charge in [0.2, 0.25) is 0 Å². The topological polar surface area (TPSA) is 49.3 Å². The van der Waals surface area contributed by atoms with Gasteiger partial charge in [-0.05, 0) is 37.8 Å². The van der Waals surface area contributed by atoms with E-state index in [1.807, 2.05) is 0 Å². The number of hydrogen-bond donors (Lipinski definition) is 2. The smallest absolute Gasteiger partial charge is 0.329 e. The van der Waals surface area contributed by atoms with Crippen LogP contribution in [0, 0.1) is 11.7 Å². The van der Waals surface area contributed by atoms with E-state index < -0.39 is 17.3 Å². The Bertz CT molecular complexity index is 457. The highest BCUT2D eigenvalue weighted by atomic mass is 19.1. The molecule has 1 aromatic carbocycles. The van der Waals surface area contributed by atoms with Crippen LogP contribution in [0.3, 0.4) is 0 Å². The number of halogens is 1. The van der Waals surface area contributed by atoms with Gasteiger partial charge in [0.05, 0.1) is 5.69 Å². The van der Waals surface area contributed by atoms with Crippen LogP contribution < -0.4 is 5.32 Å². The van der Waals surface area contributed by atoms with Gasteiger partial charge >= 0.3 is 5.97 Å². The Morgan fingerprint density at radius 2 is 1.95 bits per heavy atom. The Labute approximate surface area is 112 Å². The number of rotatable bonds is 4. The molecular formula is C15H20FNO2. The van der Waals surface area contributed by atoms with Crippen LogP contribution in [0.1, 0.15) is 39.0 Å². The second kappa shape index (κ2) is 5.59. The summed E-state index contributed by atoms with van der Waals surface area (Å²) in [7, 11) is 0. The van der Waals surface area contributed by atoms with Crippen LogP contribution in [0.4, 0.5) is 10.1 Å². The summed E-state index contributed by atoms with van der Waals surface area (Å²) in [6, 6.07) is 6.22. The predicted molar refractivity (Wildman–Crippen MR) is 72.6 cm³/mol. The third-order valence-electron chi connectivity index (χ3n) is 4.13. The third-order valence-corrected chi connectivity index (χ3v) is 4.13. The SMILES string of the molecule is CC(Nc1ccccc1F)(C(=O)O)C1CCCCC1. The number of nitrogens with one attached hydrogen (secondary N) is 1. The molecule has 0 amide bonds. The molecule has 0 saturated heterocycles. The lowest BCUT2D eigenvalue weighted by molar-refractivity contribution is -0.144. The standard InChI is InChI=1S/C15H20FNO2/c1-15(14(18)19,11-7-3-2-4-8-11)17-13-10-6-5-9-12(13)16/h5-6,9-11,17H,2-4,7-8H2,1H3,(H,18,19). The maximum atomic E-state index is 13.7. The summed E-state index contributed by atoms with van der Waals surface area (Å²) >= 11 is 0. The molecule has 0 heterocycles. The van der Waals surface area contributed by atoms with Crippen LogP contribution in [0.2, 0.25) is 0 Å². The number of anilines is 1. The lowest BCUT2D eigenvalue weighted by Gasteiger charge is -2.37. The van der Waals surface area contributed by atoms with Gasteiger partial charge in [0.25, 0.3) is 0 Å². The van der Waals surface area contributed by atoms with E-state index >= 15 is 0 Å². The average Bonchev–Trinajstić information content (AvgIpc) is 2.42. The first-order valence-corrected chi connectivity index (χ1v) is 6.80. The van der Waals surface area contributed by atoms with E-state index in [0.29, 0.717) is 0 Å². The molecule has 2 rings (SSSR count). The van der Waals surface area contributed by atoms with Crippen molar-refractivity contribution in [2.45, 2.75) is 44.6 Å². The molecule has 1 saturated carbocycles. The molecular weight excluding hydrogens is 245 g/mol. The molecule has 0 bridgehead atoms. The fourth-order valence-electron chi connectivity index (χ4n) is 2.85. The number of carbonyl (C=O) groups is 1. The van der Waals surface area contributed by atoms with Crippen LogP contribution in [0.25, 0.3) is 0 Å². The highest BCUT2D eigenvalue weighted by molar-refractivity contribution is 5.82. The Balaban J connectivity index is 2.24. The van der Waals surface area contributed by atoms with Crippen molar-refractivity contribution in [3.8, 4) is 0 Å². The van der Waals surface area contributed by atoms with E-state index in [9.17, 15) is 14.3 Å². The van der Waals surface area contributed by atoms with Gasteiger partial charge in [-0.1, -0.05) is 31.4 Å². The summed E-state index contributed by atoms with van der Waals surface area (Å²) < 4.78 is 13.7. The minimum Gasteiger partial charge on any atom is -0.480 e. The van der Waals surface area contributed by atoms with E-state index in [0.717, 1.165) is 32.1 Å². The van der Waals surface area contributed by atoms with Gasteiger partial charge < -0.3 is 10.4 Å². The van der Waals surface area contributed by atoms with Gasteiger partial charge in [-0.2, -0.15) is 0 Å². The van der Waals surface area contributed by atoms with Crippen molar-refractivity contribution in [1.82, 2.24) is 0 Å². The van der Waals surface area contributed by atoms with Crippen LogP contribution in [0.5, 0.6) is 0 Å². The number of carboxylic acids is 1. The van der Waals surface area contributed by atoms with Gasteiger partial charge in [-0.3, -0.25) is 0 Å². The minimum atomic E-state index is -1.11. The summed E-state index contributed by atoms with van der Waals surface area (Å²) in [5.74, 6) is -1.29. The summed E-state index contributed by atoms with van der Waals surface area (Å²) in [5, 5.41) is 12.5. The van der Waals surface area contributed by atoms with Crippen LogP contribution in [-0.2, 0) is 4.79 Å². The van der Waals surface area contributed by atoms with Crippen molar-refractivity contribution in [1.29, 1.82) is 0 Å². The minimum absolute atomic E-state index is 0.0401. The van der Waals surface area contributed by atoms with Crippen molar-refractivity contribution in [3.05, 3.63) is 30.1 Å². The van der Waals surface area contributed by atoms with Crippen molar-refractivity contribution < 1.29 is 14.3 Å². The molecule has 0 aliphatic heterocycles. The molecule has 0 spiro atoms. The first-order valence-electron chi connectivity index (χ1n) is 6.80. The number of hydrogen-bond acceptors (Lipinski definition) is 2. The lowest BCUT2D eigenvalue weighted by Crippen LogP contribution is -2.50. The van der Waals surface area contributed by atoms with Crippen LogP contribution in [-0.4, -0.2) is 16.6 Å². The monoisotopic (exact) mass is 265 g/mol. The summed E-state index contributed by atoms with van der Waals surface area (Å²) in [5.41, 5.74) is -0.847. The highest BCUT2D eigenvalue weighted by Crippen LogP contribution is 2.35. The molecule has 104 valence electrons. The van der Waals surface area contributed by atoms with Gasteiger partial charge in [0.1, 0.15) is 11.4 Å². The maximum Gasteiger partial charge on any atom is 0.329 e. The Hall–Kier alpha value is -1.58. The molecule has 1 aliphatic rings. The molecule has 2 N–H and O–H groups in total. The largest absolute Gasteiger partial charge is 0.480 e. The van der Waals surface area contributed by atoms with Crippen molar-refractivity contribution in [2.75, 3.05) is 5.32 Å². The number of para-hydroxylation sites is 1. The zero-order valence-electron chi connectivity index (χ0n) is 11.2. The second-order valence-corrected chi connectivity index (χ2v) is 5.45. The first kappa shape index (κ1) is 13.8. The molecule has 0 aromatic heterocycles. The van der Waals surface area contributed by atoms with Crippen molar-refractivity contribution >= 4 is 11.7 Å². The quantitative estimate of drug-likeness (QED) is 0.873. The molecule has 4 heteroatoms. The Kier molecular flexibility index (Phi) is 4.08. The molecule has 3 nitrogen and oxygen atoms in total. The highest BCUT2D eigenvalue weighted by Gasteiger charge is 2.42. The van der Waals surface area contributed by atoms with Crippen LogP contribution >= 0.6 is 0 Å². The summed E-state index contributed by atoms with van der Waals surface area (Å²) in [6.07, 6.45) is 5.01. The molecule has 19 heavy (non-hydrogen) atoms. The normalized spacial score (nSPS) is 19.7. The van der Waals surface area contributed by atoms with Crippen molar-refractivity contribution in [2.24, 2.45) is 5.92 Å². The number of carboxylic acid groups (broad SMARTS) is 1. The Morgan fingerprint density at radius 3 is 2.53 bits per heavy atom. The van der Waals surface area contributed by atoms with Gasteiger partial charge in [0.15, 0.2) is 0 Å². The van der Waals surface area contributed by atoms with Crippen molar-refractivity contribution in [3.63, 3.8) is 0 Å². The maximum absolute atomic E-state index is 13.7. The zero-order valence-corrected chi connectivity index (χ0v) is 11.2. The third kappa shape index (κ3) is 2.88. The van der Waals surface area contributed by atoms with Gasteiger partial charge in [-0.15, -0.1) is 0 Å². The first-order chi connectivity index (χ1) is 9.04.